The molecule has 0 aromatic heterocycles. The van der Waals surface area contributed by atoms with Crippen LogP contribution in [-0.2, 0) is 9.59 Å². The average molecular weight is 403 g/mol. The SMILES string of the molecule is CC(=CCCC=C(C)CCCCCCC(=O)Cl)CCCCCCC(=O)Cl. The lowest BCUT2D eigenvalue weighted by Gasteiger charge is -2.03. The monoisotopic (exact) mass is 402 g/mol. The molecule has 0 rings (SSSR count). The number of unbranched alkanes of at least 4 members (excludes halogenated alkanes) is 7. The number of allylic oxidation sites excluding steroid dienone is 4. The maximum atomic E-state index is 10.6. The van der Waals surface area contributed by atoms with E-state index in [4.69, 9.17) is 23.2 Å². The van der Waals surface area contributed by atoms with E-state index >= 15 is 0 Å². The molecule has 0 aliphatic heterocycles. The molecule has 0 radical (unpaired) electrons. The van der Waals surface area contributed by atoms with Crippen LogP contribution in [-0.4, -0.2) is 10.5 Å². The minimum Gasteiger partial charge on any atom is -0.281 e. The van der Waals surface area contributed by atoms with Gasteiger partial charge in [0.25, 0.3) is 0 Å². The van der Waals surface area contributed by atoms with Crippen molar-refractivity contribution in [1.29, 1.82) is 0 Å². The first-order valence-corrected chi connectivity index (χ1v) is 10.9. The van der Waals surface area contributed by atoms with Gasteiger partial charge in [0.15, 0.2) is 0 Å². The lowest BCUT2D eigenvalue weighted by Crippen LogP contribution is -1.87. The minimum absolute atomic E-state index is 0.216. The van der Waals surface area contributed by atoms with Crippen LogP contribution < -0.4 is 0 Å². The van der Waals surface area contributed by atoms with Gasteiger partial charge < -0.3 is 0 Å². The van der Waals surface area contributed by atoms with Crippen molar-refractivity contribution in [3.05, 3.63) is 23.3 Å². The molecule has 0 aliphatic rings. The second kappa shape index (κ2) is 17.8. The topological polar surface area (TPSA) is 34.1 Å². The Balaban J connectivity index is 3.60. The highest BCUT2D eigenvalue weighted by molar-refractivity contribution is 6.63. The minimum atomic E-state index is -0.216. The Hall–Kier alpha value is -0.600. The molecule has 0 heterocycles. The molecule has 0 saturated heterocycles. The molecular weight excluding hydrogens is 367 g/mol. The summed E-state index contributed by atoms with van der Waals surface area (Å²) in [5, 5.41) is -0.431. The summed E-state index contributed by atoms with van der Waals surface area (Å²) in [6, 6.07) is 0. The number of halogens is 2. The third kappa shape index (κ3) is 19.7. The molecule has 0 N–H and O–H groups in total. The second-order valence-corrected chi connectivity index (χ2v) is 8.06. The molecule has 150 valence electrons. The molecule has 0 bridgehead atoms. The van der Waals surface area contributed by atoms with Gasteiger partial charge in [-0.05, 0) is 88.4 Å². The van der Waals surface area contributed by atoms with Crippen LogP contribution in [0.5, 0.6) is 0 Å². The van der Waals surface area contributed by atoms with Crippen LogP contribution in [0.1, 0.15) is 104 Å². The molecule has 0 aromatic rings. The normalized spacial score (nSPS) is 12.5. The van der Waals surface area contributed by atoms with Crippen molar-refractivity contribution < 1.29 is 9.59 Å². The summed E-state index contributed by atoms with van der Waals surface area (Å²) in [6.07, 6.45) is 19.0. The van der Waals surface area contributed by atoms with E-state index in [2.05, 4.69) is 26.0 Å². The van der Waals surface area contributed by atoms with Crippen LogP contribution >= 0.6 is 23.2 Å². The van der Waals surface area contributed by atoms with Crippen LogP contribution in [0.3, 0.4) is 0 Å². The molecule has 0 saturated carbocycles. The summed E-state index contributed by atoms with van der Waals surface area (Å²) in [6.45, 7) is 4.43. The fourth-order valence-electron chi connectivity index (χ4n) is 2.91. The largest absolute Gasteiger partial charge is 0.281 e. The Morgan fingerprint density at radius 2 is 0.885 bits per heavy atom. The molecular formula is C22H36Cl2O2. The standard InChI is InChI=1S/C22H36Cl2O2/c1-19(13-7-3-5-9-17-21(23)25)15-11-12-16-20(2)14-8-4-6-10-18-22(24)26/h15-16H,3-14,17-18H2,1-2H3. The summed E-state index contributed by atoms with van der Waals surface area (Å²) in [5.41, 5.74) is 2.94. The first-order chi connectivity index (χ1) is 12.4. The van der Waals surface area contributed by atoms with E-state index in [-0.39, 0.29) is 10.5 Å². The Morgan fingerprint density at radius 3 is 1.19 bits per heavy atom. The quantitative estimate of drug-likeness (QED) is 0.141. The van der Waals surface area contributed by atoms with Crippen molar-refractivity contribution in [2.24, 2.45) is 0 Å². The van der Waals surface area contributed by atoms with Crippen molar-refractivity contribution >= 4 is 33.7 Å². The fraction of sp³-hybridized carbons (Fsp3) is 0.727. The Morgan fingerprint density at radius 1 is 0.577 bits per heavy atom. The van der Waals surface area contributed by atoms with Gasteiger partial charge in [0.1, 0.15) is 0 Å². The first-order valence-electron chi connectivity index (χ1n) is 10.1. The summed E-state index contributed by atoms with van der Waals surface area (Å²) >= 11 is 10.6. The van der Waals surface area contributed by atoms with Gasteiger partial charge in [-0.15, -0.1) is 0 Å². The van der Waals surface area contributed by atoms with Gasteiger partial charge in [0, 0.05) is 12.8 Å². The Labute approximate surface area is 170 Å². The number of carbonyl (C=O) groups excluding carboxylic acids is 2. The zero-order valence-corrected chi connectivity index (χ0v) is 18.1. The van der Waals surface area contributed by atoms with E-state index in [1.54, 1.807) is 0 Å². The lowest BCUT2D eigenvalue weighted by atomic mass is 10.0. The highest BCUT2D eigenvalue weighted by Crippen LogP contribution is 2.14. The van der Waals surface area contributed by atoms with E-state index in [1.165, 1.54) is 36.8 Å². The zero-order chi connectivity index (χ0) is 19.6. The fourth-order valence-corrected chi connectivity index (χ4v) is 3.17. The van der Waals surface area contributed by atoms with Crippen molar-refractivity contribution in [2.45, 2.75) is 104 Å². The zero-order valence-electron chi connectivity index (χ0n) is 16.6. The third-order valence-electron chi connectivity index (χ3n) is 4.54. The van der Waals surface area contributed by atoms with Gasteiger partial charge in [0.2, 0.25) is 10.5 Å². The van der Waals surface area contributed by atoms with E-state index < -0.39 is 0 Å². The molecule has 0 spiro atoms. The summed E-state index contributed by atoms with van der Waals surface area (Å²) in [7, 11) is 0. The van der Waals surface area contributed by atoms with Crippen LogP contribution in [0, 0.1) is 0 Å². The van der Waals surface area contributed by atoms with Gasteiger partial charge in [-0.25, -0.2) is 0 Å². The highest BCUT2D eigenvalue weighted by Gasteiger charge is 1.98. The summed E-state index contributed by atoms with van der Waals surface area (Å²) in [4.78, 5) is 21.3. The van der Waals surface area contributed by atoms with Crippen molar-refractivity contribution in [2.75, 3.05) is 0 Å². The van der Waals surface area contributed by atoms with E-state index in [9.17, 15) is 9.59 Å². The molecule has 2 nitrogen and oxygen atoms in total. The van der Waals surface area contributed by atoms with Crippen molar-refractivity contribution in [3.63, 3.8) is 0 Å². The molecule has 0 fully saturated rings. The van der Waals surface area contributed by atoms with Crippen molar-refractivity contribution in [3.8, 4) is 0 Å². The molecule has 0 aromatic carbocycles. The molecule has 26 heavy (non-hydrogen) atoms. The summed E-state index contributed by atoms with van der Waals surface area (Å²) < 4.78 is 0. The Kier molecular flexibility index (Phi) is 17.4. The van der Waals surface area contributed by atoms with E-state index in [1.807, 2.05) is 0 Å². The van der Waals surface area contributed by atoms with Crippen LogP contribution in [0.15, 0.2) is 23.3 Å². The van der Waals surface area contributed by atoms with E-state index in [0.29, 0.717) is 12.8 Å². The predicted octanol–water partition coefficient (Wildman–Crippen LogP) is 7.87. The third-order valence-corrected chi connectivity index (χ3v) is 4.92. The predicted molar refractivity (Wildman–Crippen MR) is 114 cm³/mol. The smallest absolute Gasteiger partial charge is 0.221 e. The molecule has 0 amide bonds. The molecule has 4 heteroatoms. The van der Waals surface area contributed by atoms with Gasteiger partial charge >= 0.3 is 0 Å². The molecule has 0 unspecified atom stereocenters. The maximum absolute atomic E-state index is 10.6. The number of hydrogen-bond donors (Lipinski definition) is 0. The molecule has 0 aliphatic carbocycles. The van der Waals surface area contributed by atoms with Crippen LogP contribution in [0.4, 0.5) is 0 Å². The molecule has 0 atom stereocenters. The highest BCUT2D eigenvalue weighted by atomic mass is 35.5. The number of hydrogen-bond acceptors (Lipinski definition) is 2. The second-order valence-electron chi connectivity index (χ2n) is 7.22. The average Bonchev–Trinajstić information content (AvgIpc) is 2.57. The van der Waals surface area contributed by atoms with Gasteiger partial charge in [0.05, 0.1) is 0 Å². The number of carbonyl (C=O) groups is 2. The van der Waals surface area contributed by atoms with Crippen LogP contribution in [0.25, 0.3) is 0 Å². The maximum Gasteiger partial charge on any atom is 0.221 e. The first kappa shape index (κ1) is 25.4. The van der Waals surface area contributed by atoms with Gasteiger partial charge in [-0.2, -0.15) is 0 Å². The van der Waals surface area contributed by atoms with E-state index in [0.717, 1.165) is 51.4 Å². The van der Waals surface area contributed by atoms with Crippen LogP contribution in [0.2, 0.25) is 0 Å². The summed E-state index contributed by atoms with van der Waals surface area (Å²) in [5.74, 6) is 0. The Bertz CT molecular complexity index is 411. The number of rotatable bonds is 17. The lowest BCUT2D eigenvalue weighted by molar-refractivity contribution is -0.112. The van der Waals surface area contributed by atoms with Gasteiger partial charge in [-0.1, -0.05) is 49.0 Å². The van der Waals surface area contributed by atoms with Gasteiger partial charge in [-0.3, -0.25) is 9.59 Å². The van der Waals surface area contributed by atoms with Crippen molar-refractivity contribution in [1.82, 2.24) is 0 Å².